The lowest BCUT2D eigenvalue weighted by Crippen LogP contribution is -2.30. The summed E-state index contributed by atoms with van der Waals surface area (Å²) in [5, 5.41) is 0. The zero-order valence-electron chi connectivity index (χ0n) is 37.4. The van der Waals surface area contributed by atoms with Crippen LogP contribution in [0.4, 0.5) is 0 Å². The largest absolute Gasteiger partial charge is 0.462 e. The van der Waals surface area contributed by atoms with Gasteiger partial charge in [-0.3, -0.25) is 14.4 Å². The number of hydrogen-bond acceptors (Lipinski definition) is 6. The van der Waals surface area contributed by atoms with Gasteiger partial charge < -0.3 is 14.2 Å². The fourth-order valence-electron chi connectivity index (χ4n) is 7.33. The first-order valence-corrected chi connectivity index (χ1v) is 24.4. The van der Waals surface area contributed by atoms with Gasteiger partial charge in [0.05, 0.1) is 0 Å². The van der Waals surface area contributed by atoms with Gasteiger partial charge in [0.2, 0.25) is 0 Å². The summed E-state index contributed by atoms with van der Waals surface area (Å²) in [5.41, 5.74) is 0. The van der Waals surface area contributed by atoms with E-state index in [4.69, 9.17) is 14.2 Å². The standard InChI is InChI=1S/C49H94O6/c1-5-7-9-11-13-15-17-18-19-20-21-25-29-33-37-41-48(51)54-44-46(43-53-47(50)40-36-32-28-24-16-14-12-10-8-6-2)55-49(52)42-38-34-30-26-22-23-27-31-35-39-45(3)4/h45-46H,5-44H2,1-4H3/t46-/m0/s1. The Morgan fingerprint density at radius 3 is 0.891 bits per heavy atom. The van der Waals surface area contributed by atoms with Crippen molar-refractivity contribution in [3.8, 4) is 0 Å². The zero-order chi connectivity index (χ0) is 40.3. The molecule has 0 aromatic rings. The average molecular weight is 779 g/mol. The van der Waals surface area contributed by atoms with Crippen LogP contribution in [0, 0.1) is 5.92 Å². The van der Waals surface area contributed by atoms with Crippen molar-refractivity contribution in [2.24, 2.45) is 5.92 Å². The molecule has 0 aliphatic heterocycles. The van der Waals surface area contributed by atoms with E-state index in [-0.39, 0.29) is 31.1 Å². The molecule has 0 bridgehead atoms. The van der Waals surface area contributed by atoms with E-state index in [0.717, 1.165) is 63.7 Å². The molecule has 0 aromatic heterocycles. The lowest BCUT2D eigenvalue weighted by Gasteiger charge is -2.18. The number of carbonyl (C=O) groups is 3. The first-order valence-electron chi connectivity index (χ1n) is 24.4. The quantitative estimate of drug-likeness (QED) is 0.0348. The Morgan fingerprint density at radius 1 is 0.345 bits per heavy atom. The van der Waals surface area contributed by atoms with Crippen LogP contribution in [0.25, 0.3) is 0 Å². The van der Waals surface area contributed by atoms with Gasteiger partial charge in [0.25, 0.3) is 0 Å². The molecule has 0 spiro atoms. The lowest BCUT2D eigenvalue weighted by molar-refractivity contribution is -0.167. The van der Waals surface area contributed by atoms with Gasteiger partial charge in [0, 0.05) is 19.3 Å². The summed E-state index contributed by atoms with van der Waals surface area (Å²) in [5.74, 6) is -0.0452. The molecule has 0 aromatic carbocycles. The van der Waals surface area contributed by atoms with Gasteiger partial charge in [0.1, 0.15) is 13.2 Å². The second kappa shape index (κ2) is 43.5. The first-order chi connectivity index (χ1) is 26.9. The molecular weight excluding hydrogens is 685 g/mol. The summed E-state index contributed by atoms with van der Waals surface area (Å²) in [4.78, 5) is 37.8. The van der Waals surface area contributed by atoms with Crippen LogP contribution in [0.1, 0.15) is 272 Å². The van der Waals surface area contributed by atoms with Gasteiger partial charge in [0.15, 0.2) is 6.10 Å². The highest BCUT2D eigenvalue weighted by molar-refractivity contribution is 5.71. The minimum atomic E-state index is -0.759. The monoisotopic (exact) mass is 779 g/mol. The van der Waals surface area contributed by atoms with Crippen molar-refractivity contribution >= 4 is 17.9 Å². The maximum absolute atomic E-state index is 12.7. The summed E-state index contributed by atoms with van der Waals surface area (Å²) in [6.07, 6.45) is 43.7. The fourth-order valence-corrected chi connectivity index (χ4v) is 7.33. The number of ether oxygens (including phenoxy) is 3. The maximum Gasteiger partial charge on any atom is 0.306 e. The average Bonchev–Trinajstić information content (AvgIpc) is 3.17. The van der Waals surface area contributed by atoms with Gasteiger partial charge in [-0.25, -0.2) is 0 Å². The zero-order valence-corrected chi connectivity index (χ0v) is 37.4. The Kier molecular flexibility index (Phi) is 42.3. The van der Waals surface area contributed by atoms with E-state index < -0.39 is 6.10 Å². The molecule has 6 heteroatoms. The normalized spacial score (nSPS) is 11.9. The molecule has 0 unspecified atom stereocenters. The van der Waals surface area contributed by atoms with E-state index >= 15 is 0 Å². The van der Waals surface area contributed by atoms with Crippen molar-refractivity contribution in [3.63, 3.8) is 0 Å². The molecular formula is C49H94O6. The molecule has 0 saturated heterocycles. The number of hydrogen-bond donors (Lipinski definition) is 0. The molecule has 0 amide bonds. The second-order valence-electron chi connectivity index (χ2n) is 17.2. The minimum absolute atomic E-state index is 0.0635. The van der Waals surface area contributed by atoms with Crippen LogP contribution in [-0.4, -0.2) is 37.2 Å². The molecule has 326 valence electrons. The second-order valence-corrected chi connectivity index (χ2v) is 17.2. The van der Waals surface area contributed by atoms with Crippen LogP contribution in [-0.2, 0) is 28.6 Å². The number of rotatable bonds is 44. The summed E-state index contributed by atoms with van der Waals surface area (Å²) >= 11 is 0. The highest BCUT2D eigenvalue weighted by Gasteiger charge is 2.19. The smallest absolute Gasteiger partial charge is 0.306 e. The Hall–Kier alpha value is -1.59. The van der Waals surface area contributed by atoms with Gasteiger partial charge in [-0.15, -0.1) is 0 Å². The topological polar surface area (TPSA) is 78.9 Å². The van der Waals surface area contributed by atoms with Crippen molar-refractivity contribution < 1.29 is 28.6 Å². The van der Waals surface area contributed by atoms with E-state index in [1.54, 1.807) is 0 Å². The van der Waals surface area contributed by atoms with Crippen LogP contribution in [0.3, 0.4) is 0 Å². The summed E-state index contributed by atoms with van der Waals surface area (Å²) in [6, 6.07) is 0. The Labute approximate surface area is 342 Å². The van der Waals surface area contributed by atoms with Crippen molar-refractivity contribution in [1.82, 2.24) is 0 Å². The summed E-state index contributed by atoms with van der Waals surface area (Å²) in [7, 11) is 0. The van der Waals surface area contributed by atoms with Crippen LogP contribution in [0.15, 0.2) is 0 Å². The van der Waals surface area contributed by atoms with Crippen molar-refractivity contribution in [2.45, 2.75) is 278 Å². The van der Waals surface area contributed by atoms with Crippen LogP contribution in [0.2, 0.25) is 0 Å². The predicted molar refractivity (Wildman–Crippen MR) is 233 cm³/mol. The molecule has 0 N–H and O–H groups in total. The number of carbonyl (C=O) groups excluding carboxylic acids is 3. The minimum Gasteiger partial charge on any atom is -0.462 e. The van der Waals surface area contributed by atoms with Gasteiger partial charge in [-0.2, -0.15) is 0 Å². The first kappa shape index (κ1) is 53.4. The predicted octanol–water partition coefficient (Wildman–Crippen LogP) is 15.5. The molecule has 0 saturated carbocycles. The third-order valence-electron chi connectivity index (χ3n) is 11.0. The number of unbranched alkanes of at least 4 members (excludes halogenated alkanes) is 31. The summed E-state index contributed by atoms with van der Waals surface area (Å²) in [6.45, 7) is 8.98. The lowest BCUT2D eigenvalue weighted by atomic mass is 10.0. The van der Waals surface area contributed by atoms with Gasteiger partial charge in [-0.1, -0.05) is 233 Å². The highest BCUT2D eigenvalue weighted by atomic mass is 16.6. The summed E-state index contributed by atoms with van der Waals surface area (Å²) < 4.78 is 16.7. The Morgan fingerprint density at radius 2 is 0.600 bits per heavy atom. The van der Waals surface area contributed by atoms with Crippen molar-refractivity contribution in [1.29, 1.82) is 0 Å². The molecule has 55 heavy (non-hydrogen) atoms. The molecule has 6 nitrogen and oxygen atoms in total. The van der Waals surface area contributed by atoms with Crippen LogP contribution >= 0.6 is 0 Å². The van der Waals surface area contributed by atoms with E-state index in [1.807, 2.05) is 0 Å². The van der Waals surface area contributed by atoms with E-state index in [9.17, 15) is 14.4 Å². The SMILES string of the molecule is CCCCCCCCCCCCCCCCCC(=O)OC[C@H](COC(=O)CCCCCCCCCCCC)OC(=O)CCCCCCCCCCCC(C)C. The van der Waals surface area contributed by atoms with Crippen LogP contribution < -0.4 is 0 Å². The van der Waals surface area contributed by atoms with Crippen molar-refractivity contribution in [2.75, 3.05) is 13.2 Å². The van der Waals surface area contributed by atoms with Gasteiger partial charge in [-0.05, 0) is 25.2 Å². The molecule has 0 rings (SSSR count). The van der Waals surface area contributed by atoms with Crippen molar-refractivity contribution in [3.05, 3.63) is 0 Å². The molecule has 0 fully saturated rings. The number of esters is 3. The third kappa shape index (κ3) is 43.4. The van der Waals surface area contributed by atoms with E-state index in [0.29, 0.717) is 19.3 Å². The molecule has 1 atom stereocenters. The van der Waals surface area contributed by atoms with Crippen LogP contribution in [0.5, 0.6) is 0 Å². The van der Waals surface area contributed by atoms with E-state index in [1.165, 1.54) is 167 Å². The van der Waals surface area contributed by atoms with Gasteiger partial charge >= 0.3 is 17.9 Å². The molecule has 0 heterocycles. The maximum atomic E-state index is 12.7. The molecule has 0 radical (unpaired) electrons. The Bertz CT molecular complexity index is 826. The molecule has 0 aliphatic rings. The van der Waals surface area contributed by atoms with E-state index in [2.05, 4.69) is 27.7 Å². The highest BCUT2D eigenvalue weighted by Crippen LogP contribution is 2.16. The fraction of sp³-hybridized carbons (Fsp3) is 0.939. The Balaban J connectivity index is 4.29. The molecule has 0 aliphatic carbocycles. The third-order valence-corrected chi connectivity index (χ3v) is 11.0.